The van der Waals surface area contributed by atoms with Gasteiger partial charge in [-0.05, 0) is 43.2 Å². The van der Waals surface area contributed by atoms with Crippen LogP contribution in [0.2, 0.25) is 0 Å². The molecule has 2 heterocycles. The van der Waals surface area contributed by atoms with Gasteiger partial charge in [0, 0.05) is 61.9 Å². The van der Waals surface area contributed by atoms with Gasteiger partial charge in [-0.2, -0.15) is 0 Å². The number of anilines is 1. The van der Waals surface area contributed by atoms with E-state index in [0.717, 1.165) is 55.7 Å². The lowest BCUT2D eigenvalue weighted by atomic mass is 9.99. The van der Waals surface area contributed by atoms with E-state index in [0.29, 0.717) is 25.1 Å². The van der Waals surface area contributed by atoms with Crippen LogP contribution < -0.4 is 10.2 Å². The Kier molecular flexibility index (Phi) is 8.02. The number of aliphatic hydroxyl groups is 1. The topological polar surface area (TPSA) is 74.7 Å². The van der Waals surface area contributed by atoms with Crippen molar-refractivity contribution >= 4 is 11.6 Å². The maximum absolute atomic E-state index is 12.7. The maximum Gasteiger partial charge on any atom is 0.251 e. The van der Waals surface area contributed by atoms with Gasteiger partial charge in [0.05, 0.1) is 12.7 Å². The Morgan fingerprint density at radius 3 is 2.97 bits per heavy atom. The predicted molar refractivity (Wildman–Crippen MR) is 114 cm³/mol. The molecule has 2 aromatic rings. The molecule has 0 fully saturated rings. The monoisotopic (exact) mass is 397 g/mol. The van der Waals surface area contributed by atoms with Gasteiger partial charge in [-0.1, -0.05) is 18.9 Å². The number of nitrogens with one attached hydrogen (secondary N) is 1. The van der Waals surface area contributed by atoms with Crippen molar-refractivity contribution in [3.8, 4) is 0 Å². The van der Waals surface area contributed by atoms with Crippen molar-refractivity contribution in [2.24, 2.45) is 0 Å². The molecule has 1 aromatic carbocycles. The number of aromatic nitrogens is 1. The number of hydrogen-bond donors (Lipinski definition) is 2. The van der Waals surface area contributed by atoms with Crippen molar-refractivity contribution in [2.75, 3.05) is 38.3 Å². The SMILES string of the molecule is COCCN1CCCCCC(O)c2cc(C(=O)NCCc3ccccn3)ccc21. The summed E-state index contributed by atoms with van der Waals surface area (Å²) in [5.74, 6) is -0.126. The molecular formula is C23H31N3O3. The number of pyridine rings is 1. The summed E-state index contributed by atoms with van der Waals surface area (Å²) in [5.41, 5.74) is 3.36. The molecule has 0 saturated heterocycles. The molecule has 156 valence electrons. The third-order valence-electron chi connectivity index (χ3n) is 5.35. The van der Waals surface area contributed by atoms with E-state index in [-0.39, 0.29) is 5.91 Å². The zero-order valence-electron chi connectivity index (χ0n) is 17.1. The number of rotatable bonds is 7. The number of carbonyl (C=O) groups excluding carboxylic acids is 1. The number of methoxy groups -OCH3 is 1. The molecule has 0 saturated carbocycles. The van der Waals surface area contributed by atoms with E-state index >= 15 is 0 Å². The van der Waals surface area contributed by atoms with E-state index < -0.39 is 6.10 Å². The first kappa shape index (κ1) is 21.3. The van der Waals surface area contributed by atoms with E-state index in [9.17, 15) is 9.90 Å². The summed E-state index contributed by atoms with van der Waals surface area (Å²) < 4.78 is 5.26. The maximum atomic E-state index is 12.7. The normalized spacial score (nSPS) is 17.0. The number of amides is 1. The minimum absolute atomic E-state index is 0.126. The molecular weight excluding hydrogens is 366 g/mol. The summed E-state index contributed by atoms with van der Waals surface area (Å²) in [5, 5.41) is 13.7. The Hall–Kier alpha value is -2.44. The largest absolute Gasteiger partial charge is 0.388 e. The molecule has 0 spiro atoms. The van der Waals surface area contributed by atoms with Crippen molar-refractivity contribution in [1.82, 2.24) is 10.3 Å². The molecule has 2 N–H and O–H groups in total. The van der Waals surface area contributed by atoms with Gasteiger partial charge in [-0.25, -0.2) is 0 Å². The lowest BCUT2D eigenvalue weighted by Crippen LogP contribution is -2.30. The van der Waals surface area contributed by atoms with E-state index in [1.807, 2.05) is 36.4 Å². The summed E-state index contributed by atoms with van der Waals surface area (Å²) in [6.07, 6.45) is 5.77. The molecule has 1 aliphatic rings. The third kappa shape index (κ3) is 6.02. The second kappa shape index (κ2) is 10.9. The number of aliphatic hydroxyl groups excluding tert-OH is 1. The molecule has 6 heteroatoms. The van der Waals surface area contributed by atoms with Crippen molar-refractivity contribution in [3.05, 3.63) is 59.4 Å². The van der Waals surface area contributed by atoms with Crippen LogP contribution in [-0.2, 0) is 11.2 Å². The van der Waals surface area contributed by atoms with E-state index in [4.69, 9.17) is 4.74 Å². The summed E-state index contributed by atoms with van der Waals surface area (Å²) in [7, 11) is 1.70. The zero-order valence-corrected chi connectivity index (χ0v) is 17.1. The Labute approximate surface area is 172 Å². The van der Waals surface area contributed by atoms with Crippen LogP contribution in [-0.4, -0.2) is 49.3 Å². The molecule has 1 atom stereocenters. The van der Waals surface area contributed by atoms with Gasteiger partial charge >= 0.3 is 0 Å². The smallest absolute Gasteiger partial charge is 0.251 e. The minimum atomic E-state index is -0.561. The molecule has 1 unspecified atom stereocenters. The van der Waals surface area contributed by atoms with Gasteiger partial charge in [-0.15, -0.1) is 0 Å². The van der Waals surface area contributed by atoms with Gasteiger partial charge in [0.2, 0.25) is 0 Å². The number of nitrogens with zero attached hydrogens (tertiary/aromatic N) is 2. The fraction of sp³-hybridized carbons (Fsp3) is 0.478. The Morgan fingerprint density at radius 1 is 1.28 bits per heavy atom. The fourth-order valence-corrected chi connectivity index (χ4v) is 3.73. The van der Waals surface area contributed by atoms with E-state index in [2.05, 4.69) is 15.2 Å². The molecule has 6 nitrogen and oxygen atoms in total. The van der Waals surface area contributed by atoms with Gasteiger partial charge in [0.1, 0.15) is 0 Å². The molecule has 1 aliphatic heterocycles. The Morgan fingerprint density at radius 2 is 2.17 bits per heavy atom. The van der Waals surface area contributed by atoms with Crippen LogP contribution in [0, 0.1) is 0 Å². The minimum Gasteiger partial charge on any atom is -0.388 e. The lowest BCUT2D eigenvalue weighted by molar-refractivity contribution is 0.0953. The van der Waals surface area contributed by atoms with Gasteiger partial charge < -0.3 is 20.1 Å². The van der Waals surface area contributed by atoms with Gasteiger partial charge in [0.25, 0.3) is 5.91 Å². The predicted octanol–water partition coefficient (Wildman–Crippen LogP) is 3.11. The molecule has 1 amide bonds. The average molecular weight is 398 g/mol. The second-order valence-corrected chi connectivity index (χ2v) is 7.45. The standard InChI is InChI=1S/C23H31N3O3/c1-29-16-15-26-14-6-2-3-8-22(27)20-17-18(9-10-21(20)26)23(28)25-13-11-19-7-4-5-12-24-19/h4-5,7,9-10,12,17,22,27H,2-3,6,8,11,13-16H2,1H3,(H,25,28). The molecule has 29 heavy (non-hydrogen) atoms. The molecule has 0 radical (unpaired) electrons. The molecule has 0 aliphatic carbocycles. The van der Waals surface area contributed by atoms with E-state index in [1.165, 1.54) is 0 Å². The first-order chi connectivity index (χ1) is 14.2. The zero-order chi connectivity index (χ0) is 20.5. The van der Waals surface area contributed by atoms with Crippen molar-refractivity contribution in [1.29, 1.82) is 0 Å². The van der Waals surface area contributed by atoms with Gasteiger partial charge in [0.15, 0.2) is 0 Å². The van der Waals surface area contributed by atoms with Crippen LogP contribution in [0.25, 0.3) is 0 Å². The molecule has 0 bridgehead atoms. The van der Waals surface area contributed by atoms with Crippen molar-refractivity contribution in [2.45, 2.75) is 38.2 Å². The van der Waals surface area contributed by atoms with Crippen LogP contribution in [0.5, 0.6) is 0 Å². The van der Waals surface area contributed by atoms with E-state index in [1.54, 1.807) is 13.3 Å². The molecule has 1 aromatic heterocycles. The number of ether oxygens (including phenoxy) is 1. The molecule has 3 rings (SSSR count). The summed E-state index contributed by atoms with van der Waals surface area (Å²) in [4.78, 5) is 19.2. The Balaban J connectivity index is 1.73. The second-order valence-electron chi connectivity index (χ2n) is 7.45. The number of benzene rings is 1. The summed E-state index contributed by atoms with van der Waals surface area (Å²) >= 11 is 0. The Bertz CT molecular complexity index is 782. The summed E-state index contributed by atoms with van der Waals surface area (Å²) in [6.45, 7) is 2.85. The van der Waals surface area contributed by atoms with Crippen LogP contribution >= 0.6 is 0 Å². The quantitative estimate of drug-likeness (QED) is 0.751. The van der Waals surface area contributed by atoms with Crippen LogP contribution in [0.15, 0.2) is 42.6 Å². The highest BCUT2D eigenvalue weighted by Gasteiger charge is 2.21. The summed E-state index contributed by atoms with van der Waals surface area (Å²) in [6, 6.07) is 11.4. The fourth-order valence-electron chi connectivity index (χ4n) is 3.73. The highest BCUT2D eigenvalue weighted by atomic mass is 16.5. The van der Waals surface area contributed by atoms with Crippen LogP contribution in [0.4, 0.5) is 5.69 Å². The van der Waals surface area contributed by atoms with Crippen LogP contribution in [0.3, 0.4) is 0 Å². The first-order valence-electron chi connectivity index (χ1n) is 10.4. The highest BCUT2D eigenvalue weighted by molar-refractivity contribution is 5.95. The average Bonchev–Trinajstić information content (AvgIpc) is 2.82. The van der Waals surface area contributed by atoms with Crippen molar-refractivity contribution < 1.29 is 14.6 Å². The first-order valence-corrected chi connectivity index (χ1v) is 10.4. The number of carbonyl (C=O) groups is 1. The highest BCUT2D eigenvalue weighted by Crippen LogP contribution is 2.32. The lowest BCUT2D eigenvalue weighted by Gasteiger charge is -2.28. The number of fused-ring (bicyclic) bond motifs is 1. The van der Waals surface area contributed by atoms with Crippen LogP contribution in [0.1, 0.15) is 53.4 Å². The number of hydrogen-bond acceptors (Lipinski definition) is 5. The van der Waals surface area contributed by atoms with Crippen molar-refractivity contribution in [3.63, 3.8) is 0 Å². The van der Waals surface area contributed by atoms with Gasteiger partial charge in [-0.3, -0.25) is 9.78 Å². The third-order valence-corrected chi connectivity index (χ3v) is 5.35.